The van der Waals surface area contributed by atoms with E-state index in [1.165, 1.54) is 46.8 Å². The summed E-state index contributed by atoms with van der Waals surface area (Å²) in [6, 6.07) is 15.0. The molecule has 1 fully saturated rings. The van der Waals surface area contributed by atoms with Gasteiger partial charge in [0.15, 0.2) is 11.5 Å². The van der Waals surface area contributed by atoms with Crippen LogP contribution in [0.2, 0.25) is 0 Å². The van der Waals surface area contributed by atoms with Gasteiger partial charge in [-0.2, -0.15) is 4.31 Å². The van der Waals surface area contributed by atoms with Crippen molar-refractivity contribution in [1.82, 2.24) is 9.62 Å². The van der Waals surface area contributed by atoms with Gasteiger partial charge in [0.25, 0.3) is 10.0 Å². The van der Waals surface area contributed by atoms with Crippen LogP contribution in [0.25, 0.3) is 0 Å². The van der Waals surface area contributed by atoms with E-state index in [2.05, 4.69) is 5.32 Å². The first-order chi connectivity index (χ1) is 20.6. The molecule has 3 aromatic rings. The molecular weight excluding hydrogens is 601 g/mol. The van der Waals surface area contributed by atoms with E-state index in [0.717, 1.165) is 35.7 Å². The first-order valence-corrected chi connectivity index (χ1v) is 16.7. The van der Waals surface area contributed by atoms with Crippen LogP contribution >= 0.6 is 0 Å². The van der Waals surface area contributed by atoms with Crippen molar-refractivity contribution in [3.8, 4) is 17.2 Å². The highest BCUT2D eigenvalue weighted by atomic mass is 32.2. The molecule has 0 unspecified atom stereocenters. The lowest BCUT2D eigenvalue weighted by Crippen LogP contribution is -2.42. The number of rotatable bonds is 11. The Morgan fingerprint density at radius 1 is 0.860 bits per heavy atom. The van der Waals surface area contributed by atoms with Crippen molar-refractivity contribution in [3.63, 3.8) is 0 Å². The number of piperidine rings is 1. The lowest BCUT2D eigenvalue weighted by Gasteiger charge is -2.25. The minimum atomic E-state index is -4.26. The Labute approximate surface area is 250 Å². The average Bonchev–Trinajstić information content (AvgIpc) is 3.03. The molecule has 230 valence electrons. The Kier molecular flexibility index (Phi) is 9.37. The van der Waals surface area contributed by atoms with Gasteiger partial charge in [-0.1, -0.05) is 6.42 Å². The number of anilines is 1. The highest BCUT2D eigenvalue weighted by Crippen LogP contribution is 2.34. The molecule has 1 saturated heterocycles. The summed E-state index contributed by atoms with van der Waals surface area (Å²) in [4.78, 5) is 12.9. The smallest absolute Gasteiger partial charge is 0.264 e. The van der Waals surface area contributed by atoms with Crippen LogP contribution in [-0.2, 0) is 24.8 Å². The van der Waals surface area contributed by atoms with Gasteiger partial charge in [-0.15, -0.1) is 0 Å². The predicted octanol–water partition coefficient (Wildman–Crippen LogP) is 3.16. The van der Waals surface area contributed by atoms with Crippen LogP contribution in [0.1, 0.15) is 19.3 Å². The lowest BCUT2D eigenvalue weighted by atomic mass is 10.2. The summed E-state index contributed by atoms with van der Waals surface area (Å²) < 4.78 is 85.5. The Bertz CT molecular complexity index is 1640. The summed E-state index contributed by atoms with van der Waals surface area (Å²) in [6.07, 6.45) is 2.71. The van der Waals surface area contributed by atoms with E-state index in [1.54, 1.807) is 12.1 Å². The number of nitrogens with zero attached hydrogens (tertiary/aromatic N) is 2. The predicted molar refractivity (Wildman–Crippen MR) is 156 cm³/mol. The Hall–Kier alpha value is -3.88. The highest BCUT2D eigenvalue weighted by Gasteiger charge is 2.29. The number of fused-ring (bicyclic) bond motifs is 1. The number of amides is 1. The van der Waals surface area contributed by atoms with E-state index in [0.29, 0.717) is 31.2 Å². The zero-order valence-corrected chi connectivity index (χ0v) is 24.9. The molecule has 2 aliphatic rings. The van der Waals surface area contributed by atoms with Crippen molar-refractivity contribution >= 4 is 31.6 Å². The first kappa shape index (κ1) is 30.6. The number of benzene rings is 3. The molecular formula is C29H32FN3O8S2. The van der Waals surface area contributed by atoms with Crippen molar-refractivity contribution in [2.45, 2.75) is 29.1 Å². The van der Waals surface area contributed by atoms with Crippen LogP contribution in [0.5, 0.6) is 17.2 Å². The number of carbonyl (C=O) groups excluding carboxylic acids is 1. The highest BCUT2D eigenvalue weighted by molar-refractivity contribution is 7.92. The summed E-state index contributed by atoms with van der Waals surface area (Å²) in [5.41, 5.74) is 0.0993. The van der Waals surface area contributed by atoms with Crippen LogP contribution in [-0.4, -0.2) is 73.0 Å². The SMILES string of the molecule is O=C(CN(c1ccc(F)cc1)S(=O)(=O)c1ccc2c(c1)OCCO2)NCCOc1ccc(S(=O)(=O)N2CCCCC2)cc1. The molecule has 43 heavy (non-hydrogen) atoms. The van der Waals surface area contributed by atoms with Crippen LogP contribution in [0.4, 0.5) is 10.1 Å². The van der Waals surface area contributed by atoms with Gasteiger partial charge in [0.2, 0.25) is 15.9 Å². The Balaban J connectivity index is 1.20. The second-order valence-electron chi connectivity index (χ2n) is 9.93. The molecule has 0 atom stereocenters. The van der Waals surface area contributed by atoms with Crippen molar-refractivity contribution in [2.75, 3.05) is 50.3 Å². The summed E-state index contributed by atoms with van der Waals surface area (Å²) in [5.74, 6) is -0.0724. The number of sulfonamides is 2. The van der Waals surface area contributed by atoms with E-state index < -0.39 is 38.3 Å². The van der Waals surface area contributed by atoms with Crippen molar-refractivity contribution in [2.24, 2.45) is 0 Å². The van der Waals surface area contributed by atoms with Crippen molar-refractivity contribution in [3.05, 3.63) is 72.5 Å². The fourth-order valence-corrected chi connectivity index (χ4v) is 7.70. The molecule has 0 saturated carbocycles. The quantitative estimate of drug-likeness (QED) is 0.319. The molecule has 0 aromatic heterocycles. The first-order valence-electron chi connectivity index (χ1n) is 13.8. The van der Waals surface area contributed by atoms with E-state index in [4.69, 9.17) is 14.2 Å². The molecule has 0 radical (unpaired) electrons. The van der Waals surface area contributed by atoms with Crippen LogP contribution < -0.4 is 23.8 Å². The number of hydrogen-bond acceptors (Lipinski definition) is 8. The second kappa shape index (κ2) is 13.2. The minimum absolute atomic E-state index is 0.0496. The fourth-order valence-electron chi connectivity index (χ4n) is 4.74. The summed E-state index contributed by atoms with van der Waals surface area (Å²) in [6.45, 7) is 1.16. The number of ether oxygens (including phenoxy) is 3. The van der Waals surface area contributed by atoms with E-state index in [-0.39, 0.29) is 41.0 Å². The maximum Gasteiger partial charge on any atom is 0.264 e. The number of nitrogens with one attached hydrogen (secondary N) is 1. The third-order valence-electron chi connectivity index (χ3n) is 6.97. The van der Waals surface area contributed by atoms with Gasteiger partial charge in [0.05, 0.1) is 22.0 Å². The molecule has 1 N–H and O–H groups in total. The largest absolute Gasteiger partial charge is 0.492 e. The summed E-state index contributed by atoms with van der Waals surface area (Å²) in [5, 5.41) is 2.63. The lowest BCUT2D eigenvalue weighted by molar-refractivity contribution is -0.119. The minimum Gasteiger partial charge on any atom is -0.492 e. The second-order valence-corrected chi connectivity index (χ2v) is 13.7. The summed E-state index contributed by atoms with van der Waals surface area (Å²) in [7, 11) is -7.82. The normalized spacial score (nSPS) is 15.5. The Morgan fingerprint density at radius 2 is 1.51 bits per heavy atom. The van der Waals surface area contributed by atoms with Gasteiger partial charge < -0.3 is 19.5 Å². The third kappa shape index (κ3) is 7.20. The molecule has 11 nitrogen and oxygen atoms in total. The van der Waals surface area contributed by atoms with Crippen LogP contribution in [0.15, 0.2) is 76.5 Å². The van der Waals surface area contributed by atoms with Crippen molar-refractivity contribution in [1.29, 1.82) is 0 Å². The Morgan fingerprint density at radius 3 is 2.21 bits per heavy atom. The molecule has 2 aliphatic heterocycles. The molecule has 14 heteroatoms. The maximum atomic E-state index is 13.6. The standard InChI is InChI=1S/C29H32FN3O8S2/c30-22-4-6-23(7-5-22)33(43(37,38)26-12-13-27-28(20-26)41-19-18-40-27)21-29(34)31-14-17-39-24-8-10-25(11-9-24)42(35,36)32-15-2-1-3-16-32/h4-13,20H,1-3,14-19,21H2,(H,31,34). The maximum absolute atomic E-state index is 13.6. The van der Waals surface area contributed by atoms with Gasteiger partial charge >= 0.3 is 0 Å². The topological polar surface area (TPSA) is 132 Å². The zero-order valence-electron chi connectivity index (χ0n) is 23.3. The molecule has 0 spiro atoms. The molecule has 3 aromatic carbocycles. The number of carbonyl (C=O) groups is 1. The third-order valence-corrected chi connectivity index (χ3v) is 10.7. The van der Waals surface area contributed by atoms with E-state index >= 15 is 0 Å². The number of halogens is 1. The fraction of sp³-hybridized carbons (Fsp3) is 0.345. The van der Waals surface area contributed by atoms with E-state index in [1.807, 2.05) is 0 Å². The van der Waals surface area contributed by atoms with Gasteiger partial charge in [0.1, 0.15) is 37.9 Å². The monoisotopic (exact) mass is 633 g/mol. The molecule has 1 amide bonds. The number of hydrogen-bond donors (Lipinski definition) is 1. The van der Waals surface area contributed by atoms with Gasteiger partial charge in [0, 0.05) is 19.2 Å². The van der Waals surface area contributed by atoms with Gasteiger partial charge in [-0.3, -0.25) is 9.10 Å². The molecule has 0 bridgehead atoms. The van der Waals surface area contributed by atoms with Gasteiger partial charge in [-0.05, 0) is 73.5 Å². The van der Waals surface area contributed by atoms with Crippen LogP contribution in [0, 0.1) is 5.82 Å². The van der Waals surface area contributed by atoms with Gasteiger partial charge in [-0.25, -0.2) is 21.2 Å². The van der Waals surface area contributed by atoms with E-state index in [9.17, 15) is 26.0 Å². The van der Waals surface area contributed by atoms with Crippen LogP contribution in [0.3, 0.4) is 0 Å². The average molecular weight is 634 g/mol. The molecule has 2 heterocycles. The zero-order chi connectivity index (χ0) is 30.5. The van der Waals surface area contributed by atoms with Crippen molar-refractivity contribution < 1.29 is 40.2 Å². The summed E-state index contributed by atoms with van der Waals surface area (Å²) >= 11 is 0. The molecule has 5 rings (SSSR count). The molecule has 0 aliphatic carbocycles.